The van der Waals surface area contributed by atoms with Crippen molar-refractivity contribution < 1.29 is 5.11 Å². The number of hydrogen-bond acceptors (Lipinski definition) is 3. The molecule has 84 valence electrons. The monoisotopic (exact) mass is 217 g/mol. The highest BCUT2D eigenvalue weighted by Gasteiger charge is 2.11. The summed E-state index contributed by atoms with van der Waals surface area (Å²) in [5.41, 5.74) is 8.33. The molecule has 2 aromatic rings. The zero-order valence-electron chi connectivity index (χ0n) is 9.17. The predicted octanol–water partition coefficient (Wildman–Crippen LogP) is 1.17. The lowest BCUT2D eigenvalue weighted by Gasteiger charge is -2.12. The Hall–Kier alpha value is -1.65. The summed E-state index contributed by atoms with van der Waals surface area (Å²) in [5.74, 6) is 0. The van der Waals surface area contributed by atoms with Crippen molar-refractivity contribution in [3.8, 4) is 5.69 Å². The molecular formula is C12H15N3O. The smallest absolute Gasteiger partial charge is 0.108 e. The first-order valence-electron chi connectivity index (χ1n) is 5.20. The fourth-order valence-electron chi connectivity index (χ4n) is 1.59. The average molecular weight is 217 g/mol. The average Bonchev–Trinajstić information content (AvgIpc) is 2.78. The maximum absolute atomic E-state index is 9.73. The van der Waals surface area contributed by atoms with Gasteiger partial charge in [-0.3, -0.25) is 0 Å². The van der Waals surface area contributed by atoms with Gasteiger partial charge < -0.3 is 15.4 Å². The first kappa shape index (κ1) is 10.9. The molecule has 16 heavy (non-hydrogen) atoms. The molecule has 1 aromatic carbocycles. The van der Waals surface area contributed by atoms with Crippen molar-refractivity contribution in [1.29, 1.82) is 0 Å². The molecule has 4 nitrogen and oxygen atoms in total. The highest BCUT2D eigenvalue weighted by atomic mass is 16.3. The van der Waals surface area contributed by atoms with Gasteiger partial charge in [0.1, 0.15) is 6.10 Å². The summed E-state index contributed by atoms with van der Waals surface area (Å²) in [6.45, 7) is 2.23. The highest BCUT2D eigenvalue weighted by molar-refractivity contribution is 5.36. The van der Waals surface area contributed by atoms with Crippen molar-refractivity contribution in [3.05, 3.63) is 48.0 Å². The Morgan fingerprint density at radius 2 is 2.06 bits per heavy atom. The number of aryl methyl sites for hydroxylation is 1. The van der Waals surface area contributed by atoms with Crippen LogP contribution in [0.5, 0.6) is 0 Å². The molecule has 1 heterocycles. The minimum atomic E-state index is -0.677. The van der Waals surface area contributed by atoms with Gasteiger partial charge in [-0.2, -0.15) is 0 Å². The molecule has 1 unspecified atom stereocenters. The van der Waals surface area contributed by atoms with Crippen molar-refractivity contribution >= 4 is 0 Å². The van der Waals surface area contributed by atoms with Crippen molar-refractivity contribution in [2.24, 2.45) is 5.73 Å². The van der Waals surface area contributed by atoms with Crippen LogP contribution in [0.2, 0.25) is 0 Å². The number of aromatic nitrogens is 2. The zero-order valence-corrected chi connectivity index (χ0v) is 9.17. The lowest BCUT2D eigenvalue weighted by atomic mass is 10.2. The summed E-state index contributed by atoms with van der Waals surface area (Å²) in [4.78, 5) is 4.04. The van der Waals surface area contributed by atoms with Crippen molar-refractivity contribution in [1.82, 2.24) is 9.55 Å². The van der Waals surface area contributed by atoms with Gasteiger partial charge in [-0.05, 0) is 19.1 Å². The Balaban J connectivity index is 2.40. The van der Waals surface area contributed by atoms with Crippen LogP contribution in [-0.2, 0) is 0 Å². The Bertz CT molecular complexity index is 461. The van der Waals surface area contributed by atoms with E-state index in [9.17, 15) is 5.11 Å². The van der Waals surface area contributed by atoms with Gasteiger partial charge in [0.05, 0.1) is 18.2 Å². The van der Waals surface area contributed by atoms with Crippen molar-refractivity contribution in [3.63, 3.8) is 0 Å². The van der Waals surface area contributed by atoms with Crippen molar-refractivity contribution in [2.45, 2.75) is 13.0 Å². The second kappa shape index (κ2) is 4.47. The molecule has 0 radical (unpaired) electrons. The largest absolute Gasteiger partial charge is 0.385 e. The highest BCUT2D eigenvalue weighted by Crippen LogP contribution is 2.17. The van der Waals surface area contributed by atoms with Gasteiger partial charge in [0.25, 0.3) is 0 Å². The van der Waals surface area contributed by atoms with E-state index in [4.69, 9.17) is 5.73 Å². The van der Waals surface area contributed by atoms with E-state index < -0.39 is 6.10 Å². The first-order valence-corrected chi connectivity index (χ1v) is 5.20. The quantitative estimate of drug-likeness (QED) is 0.811. The first-order chi connectivity index (χ1) is 7.72. The number of nitrogens with two attached hydrogens (primary N) is 1. The van der Waals surface area contributed by atoms with Crippen LogP contribution in [-0.4, -0.2) is 21.2 Å². The second-order valence-corrected chi connectivity index (χ2v) is 3.78. The normalized spacial score (nSPS) is 12.7. The predicted molar refractivity (Wildman–Crippen MR) is 62.3 cm³/mol. The topological polar surface area (TPSA) is 64.1 Å². The summed E-state index contributed by atoms with van der Waals surface area (Å²) >= 11 is 0. The standard InChI is InChI=1S/C12H15N3O/c1-9-2-4-10(5-3-9)15-8-14-7-11(15)12(16)6-13/h2-5,7-8,12,16H,6,13H2,1H3. The minimum absolute atomic E-state index is 0.192. The Kier molecular flexibility index (Phi) is 3.03. The van der Waals surface area contributed by atoms with Crippen molar-refractivity contribution in [2.75, 3.05) is 6.54 Å². The summed E-state index contributed by atoms with van der Waals surface area (Å²) in [6, 6.07) is 8.02. The van der Waals surface area contributed by atoms with Gasteiger partial charge in [-0.25, -0.2) is 4.98 Å². The third-order valence-electron chi connectivity index (χ3n) is 2.54. The van der Waals surface area contributed by atoms with Crippen LogP contribution in [0.25, 0.3) is 5.69 Å². The second-order valence-electron chi connectivity index (χ2n) is 3.78. The van der Waals surface area contributed by atoms with Crippen LogP contribution in [0.15, 0.2) is 36.8 Å². The molecule has 4 heteroatoms. The van der Waals surface area contributed by atoms with Gasteiger partial charge in [0.15, 0.2) is 0 Å². The van der Waals surface area contributed by atoms with Crippen LogP contribution < -0.4 is 5.73 Å². The number of hydrogen-bond donors (Lipinski definition) is 2. The Labute approximate surface area is 94.4 Å². The number of aliphatic hydroxyl groups is 1. The summed E-state index contributed by atoms with van der Waals surface area (Å²) < 4.78 is 1.84. The summed E-state index contributed by atoms with van der Waals surface area (Å²) in [5, 5.41) is 9.73. The van der Waals surface area contributed by atoms with E-state index in [0.29, 0.717) is 5.69 Å². The molecule has 0 aliphatic rings. The van der Waals surface area contributed by atoms with Gasteiger partial charge >= 0.3 is 0 Å². The van der Waals surface area contributed by atoms with E-state index in [-0.39, 0.29) is 6.54 Å². The third-order valence-corrected chi connectivity index (χ3v) is 2.54. The Morgan fingerprint density at radius 3 is 2.69 bits per heavy atom. The Morgan fingerprint density at radius 1 is 1.38 bits per heavy atom. The molecule has 2 rings (SSSR count). The van der Waals surface area contributed by atoms with Crippen LogP contribution in [0.1, 0.15) is 17.4 Å². The zero-order chi connectivity index (χ0) is 11.5. The van der Waals surface area contributed by atoms with E-state index in [1.54, 1.807) is 12.5 Å². The molecular weight excluding hydrogens is 202 g/mol. The molecule has 0 spiro atoms. The molecule has 0 aliphatic heterocycles. The van der Waals surface area contributed by atoms with Crippen LogP contribution in [0.3, 0.4) is 0 Å². The summed E-state index contributed by atoms with van der Waals surface area (Å²) in [6.07, 6.45) is 2.64. The number of nitrogens with zero attached hydrogens (tertiary/aromatic N) is 2. The lowest BCUT2D eigenvalue weighted by molar-refractivity contribution is 0.180. The molecule has 1 aromatic heterocycles. The van der Waals surface area contributed by atoms with Gasteiger partial charge in [-0.15, -0.1) is 0 Å². The van der Waals surface area contributed by atoms with Gasteiger partial charge in [0.2, 0.25) is 0 Å². The fourth-order valence-corrected chi connectivity index (χ4v) is 1.59. The van der Waals surface area contributed by atoms with Gasteiger partial charge in [-0.1, -0.05) is 17.7 Å². The third kappa shape index (κ3) is 1.98. The van der Waals surface area contributed by atoms with Gasteiger partial charge in [0, 0.05) is 12.2 Å². The van der Waals surface area contributed by atoms with Crippen LogP contribution >= 0.6 is 0 Å². The number of benzene rings is 1. The number of aliphatic hydroxyl groups excluding tert-OH is 1. The molecule has 0 amide bonds. The maximum Gasteiger partial charge on any atom is 0.108 e. The van der Waals surface area contributed by atoms with E-state index in [0.717, 1.165) is 5.69 Å². The molecule has 0 saturated carbocycles. The number of imidazole rings is 1. The molecule has 0 saturated heterocycles. The maximum atomic E-state index is 9.73. The van der Waals surface area contributed by atoms with Crippen LogP contribution in [0.4, 0.5) is 0 Å². The molecule has 0 aliphatic carbocycles. The van der Waals surface area contributed by atoms with Crippen LogP contribution in [0, 0.1) is 6.92 Å². The molecule has 3 N–H and O–H groups in total. The SMILES string of the molecule is Cc1ccc(-n2cncc2C(O)CN)cc1. The van der Waals surface area contributed by atoms with E-state index in [1.165, 1.54) is 5.56 Å². The van der Waals surface area contributed by atoms with E-state index in [1.807, 2.05) is 35.8 Å². The minimum Gasteiger partial charge on any atom is -0.385 e. The molecule has 0 bridgehead atoms. The number of rotatable bonds is 3. The summed E-state index contributed by atoms with van der Waals surface area (Å²) in [7, 11) is 0. The fraction of sp³-hybridized carbons (Fsp3) is 0.250. The molecule has 1 atom stereocenters. The van der Waals surface area contributed by atoms with E-state index in [2.05, 4.69) is 4.98 Å². The lowest BCUT2D eigenvalue weighted by Crippen LogP contribution is -2.14. The van der Waals surface area contributed by atoms with E-state index >= 15 is 0 Å². The molecule has 0 fully saturated rings.